The lowest BCUT2D eigenvalue weighted by molar-refractivity contribution is 0.735. The second kappa shape index (κ2) is 7.44. The molecule has 0 saturated heterocycles. The summed E-state index contributed by atoms with van der Waals surface area (Å²) in [7, 11) is 3.80. The Balaban J connectivity index is 1.60. The van der Waals surface area contributed by atoms with Crippen molar-refractivity contribution >= 4 is 28.3 Å². The predicted octanol–water partition coefficient (Wildman–Crippen LogP) is 2.46. The van der Waals surface area contributed by atoms with Crippen molar-refractivity contribution in [2.75, 3.05) is 7.05 Å². The fourth-order valence-electron chi connectivity index (χ4n) is 2.49. The number of aryl methyl sites for hydroxylation is 2. The van der Waals surface area contributed by atoms with Crippen LogP contribution >= 0.6 is 11.3 Å². The Labute approximate surface area is 145 Å². The van der Waals surface area contributed by atoms with Crippen LogP contribution in [0.15, 0.2) is 35.5 Å². The van der Waals surface area contributed by atoms with Crippen molar-refractivity contribution < 1.29 is 0 Å². The van der Waals surface area contributed by atoms with E-state index in [1.165, 1.54) is 4.88 Å². The third-order valence-corrected chi connectivity index (χ3v) is 5.02. The number of benzene rings is 1. The van der Waals surface area contributed by atoms with E-state index in [1.54, 1.807) is 18.4 Å². The van der Waals surface area contributed by atoms with Crippen LogP contribution in [0.2, 0.25) is 0 Å². The Bertz CT molecular complexity index is 848. The van der Waals surface area contributed by atoms with E-state index in [1.807, 2.05) is 31.4 Å². The van der Waals surface area contributed by atoms with Crippen molar-refractivity contribution in [3.8, 4) is 0 Å². The third kappa shape index (κ3) is 3.56. The van der Waals surface area contributed by atoms with E-state index in [9.17, 15) is 0 Å². The summed E-state index contributed by atoms with van der Waals surface area (Å²) in [5.74, 6) is 1.72. The molecule has 3 rings (SSSR count). The molecule has 0 aliphatic heterocycles. The molecule has 2 heterocycles. The van der Waals surface area contributed by atoms with Crippen molar-refractivity contribution in [3.63, 3.8) is 0 Å². The molecule has 126 valence electrons. The average Bonchev–Trinajstić information content (AvgIpc) is 3.20. The standard InChI is InChI=1S/C17H22N6S/c1-4-12-9-19-16(24-12)11-21-17(18-2)20-10-15-22-13-7-5-6-8-14(13)23(15)3/h5-9H,4,10-11H2,1-3H3,(H2,18,20,21). The number of thiazole rings is 1. The van der Waals surface area contributed by atoms with Crippen molar-refractivity contribution in [1.82, 2.24) is 25.2 Å². The summed E-state index contributed by atoms with van der Waals surface area (Å²) in [6.45, 7) is 3.43. The van der Waals surface area contributed by atoms with Crippen LogP contribution in [-0.4, -0.2) is 27.5 Å². The normalized spacial score (nSPS) is 11.9. The van der Waals surface area contributed by atoms with Gasteiger partial charge in [0, 0.05) is 25.2 Å². The molecule has 6 nitrogen and oxygen atoms in total. The summed E-state index contributed by atoms with van der Waals surface area (Å²) < 4.78 is 2.10. The molecule has 0 atom stereocenters. The fourth-order valence-corrected chi connectivity index (χ4v) is 3.29. The first-order chi connectivity index (χ1) is 11.7. The molecule has 0 spiro atoms. The Hall–Kier alpha value is -2.41. The number of nitrogens with zero attached hydrogens (tertiary/aromatic N) is 4. The Morgan fingerprint density at radius 1 is 1.25 bits per heavy atom. The monoisotopic (exact) mass is 342 g/mol. The lowest BCUT2D eigenvalue weighted by atomic mass is 10.3. The topological polar surface area (TPSA) is 67.1 Å². The maximum atomic E-state index is 4.66. The van der Waals surface area contributed by atoms with Gasteiger partial charge in [-0.25, -0.2) is 9.97 Å². The minimum Gasteiger partial charge on any atom is -0.350 e. The minimum absolute atomic E-state index is 0.614. The number of aromatic nitrogens is 3. The Kier molecular flexibility index (Phi) is 5.10. The lowest BCUT2D eigenvalue weighted by Gasteiger charge is -2.10. The van der Waals surface area contributed by atoms with E-state index in [0.717, 1.165) is 34.2 Å². The second-order valence-electron chi connectivity index (χ2n) is 5.43. The maximum Gasteiger partial charge on any atom is 0.191 e. The number of hydrogen-bond acceptors (Lipinski definition) is 4. The Morgan fingerprint density at radius 3 is 2.75 bits per heavy atom. The maximum absolute atomic E-state index is 4.66. The predicted molar refractivity (Wildman–Crippen MR) is 99.2 cm³/mol. The van der Waals surface area contributed by atoms with Crippen molar-refractivity contribution in [1.29, 1.82) is 0 Å². The van der Waals surface area contributed by atoms with E-state index < -0.39 is 0 Å². The molecular weight excluding hydrogens is 320 g/mol. The average molecular weight is 342 g/mol. The molecule has 1 aromatic carbocycles. The number of para-hydroxylation sites is 2. The van der Waals surface area contributed by atoms with E-state index >= 15 is 0 Å². The van der Waals surface area contributed by atoms with Gasteiger partial charge in [0.1, 0.15) is 10.8 Å². The zero-order valence-corrected chi connectivity index (χ0v) is 15.0. The van der Waals surface area contributed by atoms with Crippen LogP contribution in [0, 0.1) is 0 Å². The highest BCUT2D eigenvalue weighted by molar-refractivity contribution is 7.11. The first-order valence-corrected chi connectivity index (χ1v) is 8.81. The molecule has 24 heavy (non-hydrogen) atoms. The first-order valence-electron chi connectivity index (χ1n) is 7.99. The first kappa shape index (κ1) is 16.4. The number of fused-ring (bicyclic) bond motifs is 1. The van der Waals surface area contributed by atoms with Gasteiger partial charge in [-0.1, -0.05) is 19.1 Å². The second-order valence-corrected chi connectivity index (χ2v) is 6.63. The largest absolute Gasteiger partial charge is 0.350 e. The molecule has 0 aliphatic carbocycles. The lowest BCUT2D eigenvalue weighted by Crippen LogP contribution is -2.36. The van der Waals surface area contributed by atoms with Gasteiger partial charge in [-0.15, -0.1) is 11.3 Å². The number of nitrogens with one attached hydrogen (secondary N) is 2. The summed E-state index contributed by atoms with van der Waals surface area (Å²) in [6, 6.07) is 8.14. The van der Waals surface area contributed by atoms with Crippen LogP contribution in [0.1, 0.15) is 22.6 Å². The Morgan fingerprint density at radius 2 is 2.04 bits per heavy atom. The van der Waals surface area contributed by atoms with Gasteiger partial charge in [0.2, 0.25) is 0 Å². The van der Waals surface area contributed by atoms with Crippen LogP contribution in [0.4, 0.5) is 0 Å². The molecule has 0 aliphatic rings. The summed E-state index contributed by atoms with van der Waals surface area (Å²) in [5.41, 5.74) is 2.14. The van der Waals surface area contributed by atoms with Crippen LogP contribution in [-0.2, 0) is 26.6 Å². The minimum atomic E-state index is 0.614. The zero-order valence-electron chi connectivity index (χ0n) is 14.2. The van der Waals surface area contributed by atoms with Gasteiger partial charge in [0.25, 0.3) is 0 Å². The number of guanidine groups is 1. The molecule has 0 fully saturated rings. The number of rotatable bonds is 5. The van der Waals surface area contributed by atoms with Gasteiger partial charge in [-0.05, 0) is 18.6 Å². The zero-order chi connectivity index (χ0) is 16.9. The number of hydrogen-bond donors (Lipinski definition) is 2. The molecule has 2 aromatic heterocycles. The SMILES string of the molecule is CCc1cnc(CNC(=NC)NCc2nc3ccccc3n2C)s1. The van der Waals surface area contributed by atoms with Crippen LogP contribution in [0.3, 0.4) is 0 Å². The smallest absolute Gasteiger partial charge is 0.191 e. The molecule has 0 unspecified atom stereocenters. The van der Waals surface area contributed by atoms with Crippen LogP contribution in [0.25, 0.3) is 11.0 Å². The summed E-state index contributed by atoms with van der Waals surface area (Å²) in [6.07, 6.45) is 2.97. The van der Waals surface area contributed by atoms with E-state index in [4.69, 9.17) is 0 Å². The molecular formula is C17H22N6S. The highest BCUT2D eigenvalue weighted by Gasteiger charge is 2.08. The van der Waals surface area contributed by atoms with Gasteiger partial charge >= 0.3 is 0 Å². The van der Waals surface area contributed by atoms with Crippen LogP contribution < -0.4 is 10.6 Å². The molecule has 7 heteroatoms. The van der Waals surface area contributed by atoms with E-state index in [2.05, 4.69) is 43.2 Å². The summed E-state index contributed by atoms with van der Waals surface area (Å²) in [5, 5.41) is 7.67. The summed E-state index contributed by atoms with van der Waals surface area (Å²) in [4.78, 5) is 14.6. The van der Waals surface area contributed by atoms with Crippen molar-refractivity contribution in [2.24, 2.45) is 12.0 Å². The molecule has 2 N–H and O–H groups in total. The summed E-state index contributed by atoms with van der Waals surface area (Å²) >= 11 is 1.73. The van der Waals surface area contributed by atoms with Gasteiger partial charge in [0.15, 0.2) is 5.96 Å². The number of aliphatic imine (C=N–C) groups is 1. The van der Waals surface area contributed by atoms with Gasteiger partial charge in [0.05, 0.1) is 24.1 Å². The van der Waals surface area contributed by atoms with E-state index in [0.29, 0.717) is 13.1 Å². The fraction of sp³-hybridized carbons (Fsp3) is 0.353. The molecule has 0 radical (unpaired) electrons. The van der Waals surface area contributed by atoms with Crippen molar-refractivity contribution in [2.45, 2.75) is 26.4 Å². The third-order valence-electron chi connectivity index (χ3n) is 3.87. The van der Waals surface area contributed by atoms with Gasteiger partial charge < -0.3 is 15.2 Å². The van der Waals surface area contributed by atoms with E-state index in [-0.39, 0.29) is 0 Å². The molecule has 3 aromatic rings. The highest BCUT2D eigenvalue weighted by Crippen LogP contribution is 2.14. The molecule has 0 amide bonds. The van der Waals surface area contributed by atoms with Gasteiger partial charge in [-0.3, -0.25) is 4.99 Å². The number of imidazole rings is 1. The molecule has 0 bridgehead atoms. The van der Waals surface area contributed by atoms with Crippen LogP contribution in [0.5, 0.6) is 0 Å². The van der Waals surface area contributed by atoms with Crippen molar-refractivity contribution in [3.05, 3.63) is 46.2 Å². The quantitative estimate of drug-likeness (QED) is 0.552. The van der Waals surface area contributed by atoms with Gasteiger partial charge in [-0.2, -0.15) is 0 Å². The molecule has 0 saturated carbocycles. The highest BCUT2D eigenvalue weighted by atomic mass is 32.1.